The second-order valence-corrected chi connectivity index (χ2v) is 10.2. The van der Waals surface area contributed by atoms with Gasteiger partial charge < -0.3 is 5.32 Å². The zero-order chi connectivity index (χ0) is 22.7. The maximum Gasteiger partial charge on any atom is 0.244 e. The van der Waals surface area contributed by atoms with E-state index in [-0.39, 0.29) is 4.90 Å². The Hall–Kier alpha value is -2.88. The number of hydrogen-bond acceptors (Lipinski definition) is 7. The van der Waals surface area contributed by atoms with Crippen LogP contribution in [0.25, 0.3) is 0 Å². The number of rotatable bonds is 7. The van der Waals surface area contributed by atoms with Crippen molar-refractivity contribution >= 4 is 44.7 Å². The molecule has 0 saturated carbocycles. The molecule has 1 aromatic heterocycles. The fourth-order valence-electron chi connectivity index (χ4n) is 3.38. The normalized spacial score (nSPS) is 13.3. The molecule has 0 fully saturated rings. The molecule has 4 rings (SSSR count). The van der Waals surface area contributed by atoms with E-state index in [4.69, 9.17) is 0 Å². The van der Waals surface area contributed by atoms with Gasteiger partial charge in [-0.25, -0.2) is 13.4 Å². The number of hydrogen-bond donors (Lipinski definition) is 2. The standard InChI is InChI=1S/C23H25N5O2S2/c1-4-28(5-2)32(29,30)18-11-13-23(24-15-18)27-26-16(3)17-10-12-22-20(14-17)25-19-8-6-7-9-21(19)31-22/h6-15,25H,4-5H2,1-3H3,(H,24,27)/b26-16+. The van der Waals surface area contributed by atoms with E-state index in [9.17, 15) is 8.42 Å². The molecule has 0 bridgehead atoms. The van der Waals surface area contributed by atoms with Crippen molar-refractivity contribution in [2.45, 2.75) is 35.5 Å². The second-order valence-electron chi connectivity index (χ2n) is 7.21. The van der Waals surface area contributed by atoms with Crippen LogP contribution in [0.1, 0.15) is 26.3 Å². The molecule has 0 atom stereocenters. The van der Waals surface area contributed by atoms with Gasteiger partial charge in [-0.05, 0) is 48.9 Å². The first-order valence-electron chi connectivity index (χ1n) is 10.4. The highest BCUT2D eigenvalue weighted by molar-refractivity contribution is 7.99. The van der Waals surface area contributed by atoms with Crippen LogP contribution in [0.15, 0.2) is 80.6 Å². The predicted molar refractivity (Wildman–Crippen MR) is 130 cm³/mol. The Kier molecular flexibility index (Phi) is 6.50. The molecule has 9 heteroatoms. The molecule has 3 aromatic rings. The molecule has 0 amide bonds. The summed E-state index contributed by atoms with van der Waals surface area (Å²) in [5, 5.41) is 7.91. The third-order valence-corrected chi connectivity index (χ3v) is 8.38. The topological polar surface area (TPSA) is 86.7 Å². The zero-order valence-corrected chi connectivity index (χ0v) is 19.8. The van der Waals surface area contributed by atoms with Crippen LogP contribution in [0.5, 0.6) is 0 Å². The third-order valence-electron chi connectivity index (χ3n) is 5.19. The first-order chi connectivity index (χ1) is 15.4. The van der Waals surface area contributed by atoms with E-state index in [1.165, 1.54) is 20.3 Å². The first kappa shape index (κ1) is 22.3. The predicted octanol–water partition coefficient (Wildman–Crippen LogP) is 5.16. The van der Waals surface area contributed by atoms with E-state index in [0.717, 1.165) is 22.6 Å². The lowest BCUT2D eigenvalue weighted by atomic mass is 10.1. The Bertz CT molecular complexity index is 1250. The number of aromatic nitrogens is 1. The zero-order valence-electron chi connectivity index (χ0n) is 18.2. The Balaban J connectivity index is 1.48. The van der Waals surface area contributed by atoms with Gasteiger partial charge in [0.25, 0.3) is 0 Å². The molecule has 0 spiro atoms. The molecule has 0 saturated heterocycles. The van der Waals surface area contributed by atoms with Gasteiger partial charge in [-0.1, -0.05) is 43.8 Å². The van der Waals surface area contributed by atoms with Gasteiger partial charge in [0.1, 0.15) is 10.7 Å². The van der Waals surface area contributed by atoms with Gasteiger partial charge in [0.15, 0.2) is 0 Å². The quantitative estimate of drug-likeness (QED) is 0.289. The molecular weight excluding hydrogens is 442 g/mol. The van der Waals surface area contributed by atoms with Crippen LogP contribution >= 0.6 is 11.8 Å². The monoisotopic (exact) mass is 467 g/mol. The van der Waals surface area contributed by atoms with Crippen LogP contribution in [0, 0.1) is 0 Å². The van der Waals surface area contributed by atoms with Gasteiger partial charge in [0.2, 0.25) is 10.0 Å². The van der Waals surface area contributed by atoms with E-state index >= 15 is 0 Å². The Morgan fingerprint density at radius 2 is 1.81 bits per heavy atom. The van der Waals surface area contributed by atoms with Crippen LogP contribution in [-0.2, 0) is 10.0 Å². The van der Waals surface area contributed by atoms with E-state index in [1.54, 1.807) is 23.9 Å². The lowest BCUT2D eigenvalue weighted by Crippen LogP contribution is -2.30. The molecule has 7 nitrogen and oxygen atoms in total. The van der Waals surface area contributed by atoms with E-state index in [2.05, 4.69) is 45.1 Å². The lowest BCUT2D eigenvalue weighted by Gasteiger charge is -2.21. The molecule has 1 aliphatic heterocycles. The molecule has 0 unspecified atom stereocenters. The number of benzene rings is 2. The summed E-state index contributed by atoms with van der Waals surface area (Å²) in [6, 6.07) is 17.6. The summed E-state index contributed by atoms with van der Waals surface area (Å²) >= 11 is 1.74. The summed E-state index contributed by atoms with van der Waals surface area (Å²) in [6.07, 6.45) is 1.36. The summed E-state index contributed by atoms with van der Waals surface area (Å²) in [4.78, 5) is 6.76. The largest absolute Gasteiger partial charge is 0.354 e. The van der Waals surface area contributed by atoms with Crippen LogP contribution in [0.3, 0.4) is 0 Å². The van der Waals surface area contributed by atoms with Gasteiger partial charge in [-0.3, -0.25) is 5.43 Å². The average Bonchev–Trinajstić information content (AvgIpc) is 2.81. The van der Waals surface area contributed by atoms with Crippen LogP contribution in [-0.4, -0.2) is 36.5 Å². The van der Waals surface area contributed by atoms with Crippen LogP contribution < -0.4 is 10.7 Å². The summed E-state index contributed by atoms with van der Waals surface area (Å²) in [7, 11) is -3.52. The van der Waals surface area contributed by atoms with E-state index < -0.39 is 10.0 Å². The molecular formula is C23H25N5O2S2. The molecule has 32 heavy (non-hydrogen) atoms. The maximum atomic E-state index is 12.6. The van der Waals surface area contributed by atoms with Crippen molar-refractivity contribution in [3.8, 4) is 0 Å². The van der Waals surface area contributed by atoms with Crippen molar-refractivity contribution in [1.82, 2.24) is 9.29 Å². The molecule has 1 aliphatic rings. The molecule has 2 N–H and O–H groups in total. The molecule has 2 heterocycles. The van der Waals surface area contributed by atoms with Gasteiger partial charge in [-0.15, -0.1) is 0 Å². The van der Waals surface area contributed by atoms with Crippen LogP contribution in [0.2, 0.25) is 0 Å². The minimum absolute atomic E-state index is 0.172. The smallest absolute Gasteiger partial charge is 0.244 e. The number of sulfonamides is 1. The Labute approximate surface area is 193 Å². The maximum absolute atomic E-state index is 12.6. The highest BCUT2D eigenvalue weighted by atomic mass is 32.2. The molecule has 0 aliphatic carbocycles. The highest BCUT2D eigenvalue weighted by Gasteiger charge is 2.21. The Morgan fingerprint density at radius 1 is 1.06 bits per heavy atom. The number of para-hydroxylation sites is 1. The van der Waals surface area contributed by atoms with Crippen molar-refractivity contribution < 1.29 is 8.42 Å². The summed E-state index contributed by atoms with van der Waals surface area (Å²) in [5.74, 6) is 0.475. The number of nitrogens with one attached hydrogen (secondary N) is 2. The third kappa shape index (κ3) is 4.50. The van der Waals surface area contributed by atoms with Gasteiger partial charge >= 0.3 is 0 Å². The number of nitrogens with zero attached hydrogens (tertiary/aromatic N) is 3. The minimum atomic E-state index is -3.52. The summed E-state index contributed by atoms with van der Waals surface area (Å²) < 4.78 is 26.6. The Morgan fingerprint density at radius 3 is 2.53 bits per heavy atom. The number of hydrazone groups is 1. The number of fused-ring (bicyclic) bond motifs is 2. The van der Waals surface area contributed by atoms with Gasteiger partial charge in [0, 0.05) is 29.1 Å². The van der Waals surface area contributed by atoms with Crippen molar-refractivity contribution in [1.29, 1.82) is 0 Å². The van der Waals surface area contributed by atoms with E-state index in [1.807, 2.05) is 39.0 Å². The summed E-state index contributed by atoms with van der Waals surface area (Å²) in [6.45, 7) is 6.38. The second kappa shape index (κ2) is 9.32. The first-order valence-corrected chi connectivity index (χ1v) is 12.6. The van der Waals surface area contributed by atoms with Crippen molar-refractivity contribution in [3.05, 3.63) is 66.4 Å². The van der Waals surface area contributed by atoms with Gasteiger partial charge in [-0.2, -0.15) is 9.41 Å². The number of anilines is 3. The fraction of sp³-hybridized carbons (Fsp3) is 0.217. The number of pyridine rings is 1. The molecule has 166 valence electrons. The fourth-order valence-corrected chi connectivity index (χ4v) is 5.75. The van der Waals surface area contributed by atoms with Crippen LogP contribution in [0.4, 0.5) is 17.2 Å². The van der Waals surface area contributed by atoms with Crippen molar-refractivity contribution in [2.75, 3.05) is 23.8 Å². The summed E-state index contributed by atoms with van der Waals surface area (Å²) in [5.41, 5.74) is 6.83. The van der Waals surface area contributed by atoms with Crippen molar-refractivity contribution in [3.63, 3.8) is 0 Å². The minimum Gasteiger partial charge on any atom is -0.354 e. The van der Waals surface area contributed by atoms with E-state index in [0.29, 0.717) is 18.9 Å². The SMILES string of the molecule is CCN(CC)S(=O)(=O)c1ccc(N/N=C(\C)c2ccc3c(c2)Nc2ccccc2S3)nc1. The highest BCUT2D eigenvalue weighted by Crippen LogP contribution is 2.44. The molecule has 0 radical (unpaired) electrons. The molecule has 2 aromatic carbocycles. The average molecular weight is 468 g/mol. The lowest BCUT2D eigenvalue weighted by molar-refractivity contribution is 0.445. The van der Waals surface area contributed by atoms with Gasteiger partial charge in [0.05, 0.1) is 17.1 Å². The van der Waals surface area contributed by atoms with Crippen molar-refractivity contribution in [2.24, 2.45) is 5.10 Å².